The molecular weight excluding hydrogens is 278 g/mol. The first-order valence-corrected chi connectivity index (χ1v) is 7.25. The molecular formula is C15H22ClNO3. The highest BCUT2D eigenvalue weighted by Gasteiger charge is 2.09. The lowest BCUT2D eigenvalue weighted by molar-refractivity contribution is 0.0949. The Morgan fingerprint density at radius 2 is 2.05 bits per heavy atom. The third-order valence-corrected chi connectivity index (χ3v) is 3.00. The molecule has 1 unspecified atom stereocenters. The van der Waals surface area contributed by atoms with E-state index in [9.17, 15) is 4.79 Å². The summed E-state index contributed by atoms with van der Waals surface area (Å²) in [7, 11) is 1.58. The second kappa shape index (κ2) is 9.61. The number of carbonyl (C=O) groups excluding carboxylic acids is 1. The molecule has 0 bridgehead atoms. The molecule has 0 spiro atoms. The number of nitrogens with one attached hydrogen (secondary N) is 1. The molecule has 112 valence electrons. The number of rotatable bonds is 9. The average molecular weight is 300 g/mol. The molecule has 4 nitrogen and oxygen atoms in total. The van der Waals surface area contributed by atoms with Gasteiger partial charge in [-0.2, -0.15) is 0 Å². The predicted octanol–water partition coefficient (Wildman–Crippen LogP) is 2.85. The Kier molecular flexibility index (Phi) is 8.07. The molecule has 0 fully saturated rings. The maximum absolute atomic E-state index is 11.9. The minimum Gasteiger partial charge on any atom is -0.494 e. The maximum Gasteiger partial charge on any atom is 0.251 e. The van der Waals surface area contributed by atoms with Crippen LogP contribution in [0.5, 0.6) is 5.75 Å². The molecule has 20 heavy (non-hydrogen) atoms. The largest absolute Gasteiger partial charge is 0.494 e. The first-order chi connectivity index (χ1) is 9.67. The Labute approximate surface area is 125 Å². The standard InChI is InChI=1S/C15H22ClNO3/c1-3-4-9-20-14-7-5-12(6-8-14)15(18)17-10-13(16)11-19-2/h5-8,13H,3-4,9-11H2,1-2H3,(H,17,18). The van der Waals surface area contributed by atoms with Crippen molar-refractivity contribution in [3.63, 3.8) is 0 Å². The number of amides is 1. The Balaban J connectivity index is 2.40. The average Bonchev–Trinajstić information content (AvgIpc) is 2.46. The number of methoxy groups -OCH3 is 1. The molecule has 0 saturated heterocycles. The molecule has 1 aromatic carbocycles. The van der Waals surface area contributed by atoms with Crippen molar-refractivity contribution in [2.24, 2.45) is 0 Å². The van der Waals surface area contributed by atoms with Crippen LogP contribution in [0.1, 0.15) is 30.1 Å². The number of hydrogen-bond donors (Lipinski definition) is 1. The van der Waals surface area contributed by atoms with Crippen LogP contribution >= 0.6 is 11.6 Å². The molecule has 1 rings (SSSR count). The highest BCUT2D eigenvalue weighted by molar-refractivity contribution is 6.21. The monoisotopic (exact) mass is 299 g/mol. The van der Waals surface area contributed by atoms with E-state index in [1.54, 1.807) is 31.4 Å². The minimum absolute atomic E-state index is 0.146. The van der Waals surface area contributed by atoms with Crippen LogP contribution in [0.15, 0.2) is 24.3 Å². The zero-order valence-electron chi connectivity index (χ0n) is 12.0. The number of benzene rings is 1. The summed E-state index contributed by atoms with van der Waals surface area (Å²) >= 11 is 5.95. The molecule has 1 aromatic rings. The second-order valence-corrected chi connectivity index (χ2v) is 5.11. The molecule has 0 saturated carbocycles. The summed E-state index contributed by atoms with van der Waals surface area (Å²) in [6.07, 6.45) is 2.13. The van der Waals surface area contributed by atoms with Gasteiger partial charge < -0.3 is 14.8 Å². The van der Waals surface area contributed by atoms with Gasteiger partial charge >= 0.3 is 0 Å². The molecule has 0 aliphatic heterocycles. The van der Waals surface area contributed by atoms with E-state index in [1.807, 2.05) is 0 Å². The zero-order chi connectivity index (χ0) is 14.8. The summed E-state index contributed by atoms with van der Waals surface area (Å²) < 4.78 is 10.4. The normalized spacial score (nSPS) is 11.9. The Hall–Kier alpha value is -1.26. The van der Waals surface area contributed by atoms with Crippen molar-refractivity contribution in [1.29, 1.82) is 0 Å². The molecule has 1 atom stereocenters. The number of unbranched alkanes of at least 4 members (excludes halogenated alkanes) is 1. The molecule has 1 amide bonds. The fourth-order valence-corrected chi connectivity index (χ4v) is 1.79. The molecule has 5 heteroatoms. The molecule has 0 radical (unpaired) electrons. The van der Waals surface area contributed by atoms with E-state index in [4.69, 9.17) is 21.1 Å². The van der Waals surface area contributed by atoms with Gasteiger partial charge in [0.2, 0.25) is 0 Å². The van der Waals surface area contributed by atoms with Crippen molar-refractivity contribution in [3.8, 4) is 5.75 Å². The first kappa shape index (κ1) is 16.8. The topological polar surface area (TPSA) is 47.6 Å². The van der Waals surface area contributed by atoms with E-state index in [0.29, 0.717) is 25.3 Å². The SMILES string of the molecule is CCCCOc1ccc(C(=O)NCC(Cl)COC)cc1. The Morgan fingerprint density at radius 1 is 1.35 bits per heavy atom. The highest BCUT2D eigenvalue weighted by atomic mass is 35.5. The lowest BCUT2D eigenvalue weighted by Crippen LogP contribution is -2.31. The third-order valence-electron chi connectivity index (χ3n) is 2.71. The molecule has 0 heterocycles. The number of hydrogen-bond acceptors (Lipinski definition) is 3. The van der Waals surface area contributed by atoms with E-state index in [2.05, 4.69) is 12.2 Å². The van der Waals surface area contributed by atoms with E-state index < -0.39 is 0 Å². The van der Waals surface area contributed by atoms with Gasteiger partial charge in [0.25, 0.3) is 5.91 Å². The summed E-state index contributed by atoms with van der Waals surface area (Å²) in [5.41, 5.74) is 0.592. The van der Waals surface area contributed by atoms with Crippen molar-refractivity contribution >= 4 is 17.5 Å². The number of carbonyl (C=O) groups is 1. The van der Waals surface area contributed by atoms with E-state index >= 15 is 0 Å². The lowest BCUT2D eigenvalue weighted by atomic mass is 10.2. The maximum atomic E-state index is 11.9. The quantitative estimate of drug-likeness (QED) is 0.563. The first-order valence-electron chi connectivity index (χ1n) is 6.81. The molecule has 0 aromatic heterocycles. The smallest absolute Gasteiger partial charge is 0.251 e. The van der Waals surface area contributed by atoms with Crippen LogP contribution in [0.3, 0.4) is 0 Å². The molecule has 1 N–H and O–H groups in total. The third kappa shape index (κ3) is 6.26. The summed E-state index contributed by atoms with van der Waals surface area (Å²) in [5.74, 6) is 0.636. The summed E-state index contributed by atoms with van der Waals surface area (Å²) in [6, 6.07) is 7.10. The van der Waals surface area contributed by atoms with Gasteiger partial charge in [-0.05, 0) is 30.7 Å². The molecule has 0 aliphatic rings. The lowest BCUT2D eigenvalue weighted by Gasteiger charge is -2.10. The van der Waals surface area contributed by atoms with Gasteiger partial charge in [-0.15, -0.1) is 11.6 Å². The Morgan fingerprint density at radius 3 is 2.65 bits per heavy atom. The van der Waals surface area contributed by atoms with Gasteiger partial charge in [-0.3, -0.25) is 4.79 Å². The van der Waals surface area contributed by atoms with Crippen molar-refractivity contribution in [2.75, 3.05) is 26.9 Å². The van der Waals surface area contributed by atoms with Crippen LogP contribution in [0.2, 0.25) is 0 Å². The fourth-order valence-electron chi connectivity index (χ4n) is 1.58. The van der Waals surface area contributed by atoms with E-state index in [-0.39, 0.29) is 11.3 Å². The molecule has 0 aliphatic carbocycles. The zero-order valence-corrected chi connectivity index (χ0v) is 12.8. The fraction of sp³-hybridized carbons (Fsp3) is 0.533. The predicted molar refractivity (Wildman–Crippen MR) is 80.7 cm³/mol. The van der Waals surface area contributed by atoms with Gasteiger partial charge in [0.05, 0.1) is 18.6 Å². The van der Waals surface area contributed by atoms with Crippen LogP contribution in [0.4, 0.5) is 0 Å². The summed E-state index contributed by atoms with van der Waals surface area (Å²) in [6.45, 7) is 3.60. The van der Waals surface area contributed by atoms with Crippen LogP contribution in [-0.2, 0) is 4.74 Å². The number of halogens is 1. The van der Waals surface area contributed by atoms with Crippen molar-refractivity contribution in [2.45, 2.75) is 25.1 Å². The van der Waals surface area contributed by atoms with Gasteiger partial charge in [-0.25, -0.2) is 0 Å². The van der Waals surface area contributed by atoms with Crippen LogP contribution in [-0.4, -0.2) is 38.2 Å². The van der Waals surface area contributed by atoms with Crippen molar-refractivity contribution in [1.82, 2.24) is 5.32 Å². The van der Waals surface area contributed by atoms with Crippen molar-refractivity contribution in [3.05, 3.63) is 29.8 Å². The Bertz CT molecular complexity index is 395. The summed E-state index contributed by atoms with van der Waals surface area (Å²) in [4.78, 5) is 11.9. The number of alkyl halides is 1. The second-order valence-electron chi connectivity index (χ2n) is 4.49. The number of ether oxygens (including phenoxy) is 2. The summed E-state index contributed by atoms with van der Waals surface area (Å²) in [5, 5.41) is 2.54. The highest BCUT2D eigenvalue weighted by Crippen LogP contribution is 2.12. The van der Waals surface area contributed by atoms with Gasteiger partial charge in [-0.1, -0.05) is 13.3 Å². The van der Waals surface area contributed by atoms with Crippen LogP contribution in [0.25, 0.3) is 0 Å². The van der Waals surface area contributed by atoms with Crippen LogP contribution in [0, 0.1) is 0 Å². The van der Waals surface area contributed by atoms with Crippen molar-refractivity contribution < 1.29 is 14.3 Å². The van der Waals surface area contributed by atoms with Crippen LogP contribution < -0.4 is 10.1 Å². The minimum atomic E-state index is -0.222. The van der Waals surface area contributed by atoms with Gasteiger partial charge in [0, 0.05) is 19.2 Å². The van der Waals surface area contributed by atoms with Gasteiger partial charge in [0.15, 0.2) is 0 Å². The van der Waals surface area contributed by atoms with E-state index in [0.717, 1.165) is 18.6 Å². The van der Waals surface area contributed by atoms with Gasteiger partial charge in [0.1, 0.15) is 5.75 Å². The van der Waals surface area contributed by atoms with E-state index in [1.165, 1.54) is 0 Å².